The maximum absolute atomic E-state index is 13.7. The topological polar surface area (TPSA) is 57.5 Å². The molecule has 0 atom stereocenters. The Morgan fingerprint density at radius 1 is 1.11 bits per heavy atom. The minimum Gasteiger partial charge on any atom is -0.320 e. The van der Waals surface area contributed by atoms with Crippen molar-refractivity contribution < 1.29 is 23.1 Å². The second kappa shape index (κ2) is 4.38. The zero-order chi connectivity index (χ0) is 13.6. The molecule has 2 N–H and O–H groups in total. The molecule has 0 aliphatic heterocycles. The molecule has 0 radical (unpaired) electrons. The highest BCUT2D eigenvalue weighted by atomic mass is 79.9. The van der Waals surface area contributed by atoms with Crippen molar-refractivity contribution in [1.82, 2.24) is 0 Å². The summed E-state index contributed by atoms with van der Waals surface area (Å²) in [6, 6.07) is 9.22. The van der Waals surface area contributed by atoms with Gasteiger partial charge < -0.3 is 9.79 Å². The van der Waals surface area contributed by atoms with Crippen LogP contribution < -0.4 is 0 Å². The van der Waals surface area contributed by atoms with Crippen LogP contribution in [0.5, 0.6) is 0 Å². The zero-order valence-electron chi connectivity index (χ0n) is 8.85. The molecule has 0 amide bonds. The van der Waals surface area contributed by atoms with E-state index in [-0.39, 0.29) is 4.47 Å². The van der Waals surface area contributed by atoms with Crippen LogP contribution in [-0.4, -0.2) is 9.79 Å². The molecule has 0 spiro atoms. The fourth-order valence-corrected chi connectivity index (χ4v) is 2.86. The average molecular weight is 337 g/mol. The number of fused-ring (bicyclic) bond motifs is 1. The van der Waals surface area contributed by atoms with Gasteiger partial charge in [0.05, 0.1) is 0 Å². The summed E-state index contributed by atoms with van der Waals surface area (Å²) in [4.78, 5) is 17.5. The molecule has 0 aromatic heterocycles. The van der Waals surface area contributed by atoms with Crippen molar-refractivity contribution in [2.75, 3.05) is 0 Å². The summed E-state index contributed by atoms with van der Waals surface area (Å²) in [5.74, 6) is 0. The van der Waals surface area contributed by atoms with Gasteiger partial charge >= 0.3 is 13.3 Å². The molecule has 96 valence electrons. The van der Waals surface area contributed by atoms with E-state index in [9.17, 15) is 13.3 Å². The van der Waals surface area contributed by atoms with Gasteiger partial charge in [0.2, 0.25) is 0 Å². The van der Waals surface area contributed by atoms with Gasteiger partial charge in [0.15, 0.2) is 0 Å². The lowest BCUT2D eigenvalue weighted by Crippen LogP contribution is -2.14. The van der Waals surface area contributed by atoms with Crippen molar-refractivity contribution in [1.29, 1.82) is 0 Å². The zero-order valence-corrected chi connectivity index (χ0v) is 11.3. The Hall–Kier alpha value is -0.810. The van der Waals surface area contributed by atoms with E-state index in [0.29, 0.717) is 10.8 Å². The Kier molecular flexibility index (Phi) is 3.32. The van der Waals surface area contributed by atoms with E-state index >= 15 is 0 Å². The minimum atomic E-state index is -5.56. The van der Waals surface area contributed by atoms with Gasteiger partial charge in [0.1, 0.15) is 0 Å². The lowest BCUT2D eigenvalue weighted by molar-refractivity contribution is 0.0559. The van der Waals surface area contributed by atoms with E-state index in [1.807, 2.05) is 0 Å². The molecule has 0 heterocycles. The Morgan fingerprint density at radius 3 is 2.11 bits per heavy atom. The number of hydrogen-bond donors (Lipinski definition) is 2. The van der Waals surface area contributed by atoms with Crippen LogP contribution in [0.3, 0.4) is 0 Å². The van der Waals surface area contributed by atoms with Crippen LogP contribution in [0.1, 0.15) is 5.56 Å². The summed E-state index contributed by atoms with van der Waals surface area (Å²) in [5.41, 5.74) is -4.93. The molecule has 2 rings (SSSR count). The first-order valence-electron chi connectivity index (χ1n) is 4.86. The van der Waals surface area contributed by atoms with E-state index in [2.05, 4.69) is 15.9 Å². The van der Waals surface area contributed by atoms with Crippen LogP contribution in [-0.2, 0) is 10.2 Å². The molecule has 2 aromatic carbocycles. The quantitative estimate of drug-likeness (QED) is 0.819. The van der Waals surface area contributed by atoms with Crippen LogP contribution >= 0.6 is 23.5 Å². The molecule has 0 saturated carbocycles. The van der Waals surface area contributed by atoms with Crippen molar-refractivity contribution in [3.05, 3.63) is 46.4 Å². The summed E-state index contributed by atoms with van der Waals surface area (Å²) >= 11 is 2.92. The third-order valence-electron chi connectivity index (χ3n) is 2.53. The molecule has 7 heteroatoms. The van der Waals surface area contributed by atoms with E-state index in [0.717, 1.165) is 6.07 Å². The second-order valence-corrected chi connectivity index (χ2v) is 6.27. The van der Waals surface area contributed by atoms with Gasteiger partial charge in [-0.1, -0.05) is 40.2 Å². The minimum absolute atomic E-state index is 0.0328. The Labute approximate surface area is 110 Å². The lowest BCUT2D eigenvalue weighted by Gasteiger charge is -2.19. The maximum Gasteiger partial charge on any atom is 0.399 e. The van der Waals surface area contributed by atoms with Gasteiger partial charge in [-0.3, -0.25) is 4.57 Å². The molecule has 0 unspecified atom stereocenters. The lowest BCUT2D eigenvalue weighted by atomic mass is 10.1. The van der Waals surface area contributed by atoms with Gasteiger partial charge in [-0.05, 0) is 22.9 Å². The first-order valence-corrected chi connectivity index (χ1v) is 7.26. The van der Waals surface area contributed by atoms with Gasteiger partial charge in [0.25, 0.3) is 0 Å². The number of benzene rings is 2. The summed E-state index contributed by atoms with van der Waals surface area (Å²) in [7, 11) is -5.56. The van der Waals surface area contributed by atoms with Crippen LogP contribution in [0.4, 0.5) is 8.78 Å². The maximum atomic E-state index is 13.7. The summed E-state index contributed by atoms with van der Waals surface area (Å²) < 4.78 is 38.1. The first kappa shape index (κ1) is 13.6. The van der Waals surface area contributed by atoms with Crippen LogP contribution in [0, 0.1) is 0 Å². The summed E-state index contributed by atoms with van der Waals surface area (Å²) in [6.45, 7) is 0. The molecular formula is C11H8BrF2O3P. The number of alkyl halides is 2. The fraction of sp³-hybridized carbons (Fsp3) is 0.0909. The molecule has 0 aliphatic carbocycles. The van der Waals surface area contributed by atoms with E-state index in [1.165, 1.54) is 6.07 Å². The van der Waals surface area contributed by atoms with Crippen molar-refractivity contribution in [2.24, 2.45) is 0 Å². The Bertz CT molecular complexity index is 654. The molecule has 3 nitrogen and oxygen atoms in total. The highest BCUT2D eigenvalue weighted by Gasteiger charge is 2.51. The molecular weight excluding hydrogens is 329 g/mol. The van der Waals surface area contributed by atoms with Crippen LogP contribution in [0.25, 0.3) is 10.8 Å². The second-order valence-electron chi connectivity index (χ2n) is 3.76. The van der Waals surface area contributed by atoms with Crippen molar-refractivity contribution in [3.63, 3.8) is 0 Å². The largest absolute Gasteiger partial charge is 0.399 e. The molecule has 0 aliphatic rings. The van der Waals surface area contributed by atoms with Gasteiger partial charge in [-0.25, -0.2) is 0 Å². The Morgan fingerprint density at radius 2 is 1.61 bits per heavy atom. The highest BCUT2D eigenvalue weighted by molar-refractivity contribution is 9.10. The smallest absolute Gasteiger partial charge is 0.320 e. The van der Waals surface area contributed by atoms with Gasteiger partial charge in [-0.2, -0.15) is 8.78 Å². The number of hydrogen-bond acceptors (Lipinski definition) is 1. The first-order chi connectivity index (χ1) is 8.23. The third kappa shape index (κ3) is 2.21. The highest BCUT2D eigenvalue weighted by Crippen LogP contribution is 2.60. The monoisotopic (exact) mass is 336 g/mol. The van der Waals surface area contributed by atoms with Gasteiger partial charge in [0, 0.05) is 10.0 Å². The summed E-state index contributed by atoms with van der Waals surface area (Å²) in [6.07, 6.45) is 0. The van der Waals surface area contributed by atoms with E-state index < -0.39 is 18.8 Å². The van der Waals surface area contributed by atoms with Crippen molar-refractivity contribution in [2.45, 2.75) is 5.66 Å². The van der Waals surface area contributed by atoms with Crippen molar-refractivity contribution in [3.8, 4) is 0 Å². The normalized spacial score (nSPS) is 12.9. The third-order valence-corrected chi connectivity index (χ3v) is 4.15. The standard InChI is InChI=1S/C11H8BrF2O3P/c12-10-6-8-4-2-1-3-7(8)5-9(10)11(13,14)18(15,16)17/h1-6H,(H2,15,16,17). The average Bonchev–Trinajstić information content (AvgIpc) is 2.26. The van der Waals surface area contributed by atoms with Crippen molar-refractivity contribution >= 4 is 34.3 Å². The SMILES string of the molecule is O=P(O)(O)C(F)(F)c1cc2ccccc2cc1Br. The molecule has 0 saturated heterocycles. The molecule has 0 fully saturated rings. The predicted molar refractivity (Wildman–Crippen MR) is 67.6 cm³/mol. The Balaban J connectivity index is 2.72. The molecule has 0 bridgehead atoms. The van der Waals surface area contributed by atoms with Gasteiger partial charge in [-0.15, -0.1) is 0 Å². The van der Waals surface area contributed by atoms with E-state index in [4.69, 9.17) is 9.79 Å². The number of halogens is 3. The number of rotatable bonds is 2. The summed E-state index contributed by atoms with van der Waals surface area (Å²) in [5, 5.41) is 1.19. The molecule has 18 heavy (non-hydrogen) atoms. The fourth-order valence-electron chi connectivity index (χ4n) is 1.60. The van der Waals surface area contributed by atoms with Crippen LogP contribution in [0.15, 0.2) is 40.9 Å². The molecule has 2 aromatic rings. The van der Waals surface area contributed by atoms with Crippen LogP contribution in [0.2, 0.25) is 0 Å². The van der Waals surface area contributed by atoms with E-state index in [1.54, 1.807) is 24.3 Å². The predicted octanol–water partition coefficient (Wildman–Crippen LogP) is 3.83.